The fourth-order valence-electron chi connectivity index (χ4n) is 2.45. The third kappa shape index (κ3) is 4.11. The van der Waals surface area contributed by atoms with Crippen LogP contribution in [0.2, 0.25) is 0 Å². The molecule has 0 spiro atoms. The predicted molar refractivity (Wildman–Crippen MR) is 72.5 cm³/mol. The van der Waals surface area contributed by atoms with Crippen LogP contribution in [0.4, 0.5) is 0 Å². The SMILES string of the molecule is CN1CCN(NS(=O)(=O)N2CCC(CO)CC2)CC1. The molecule has 2 rings (SSSR count). The molecule has 0 saturated carbocycles. The highest BCUT2D eigenvalue weighted by Crippen LogP contribution is 2.18. The largest absolute Gasteiger partial charge is 0.396 e. The van der Waals surface area contributed by atoms with Gasteiger partial charge in [0, 0.05) is 45.9 Å². The Balaban J connectivity index is 1.85. The molecule has 0 aromatic carbocycles. The summed E-state index contributed by atoms with van der Waals surface area (Å²) >= 11 is 0. The molecule has 2 aliphatic heterocycles. The number of likely N-dealkylation sites (N-methyl/N-ethyl adjacent to an activating group) is 1. The van der Waals surface area contributed by atoms with E-state index in [9.17, 15) is 8.42 Å². The zero-order valence-corrected chi connectivity index (χ0v) is 12.3. The first-order valence-electron chi connectivity index (χ1n) is 6.83. The monoisotopic (exact) mass is 292 g/mol. The van der Waals surface area contributed by atoms with Crippen molar-refractivity contribution in [3.05, 3.63) is 0 Å². The average molecular weight is 292 g/mol. The fraction of sp³-hybridized carbons (Fsp3) is 1.00. The molecular weight excluding hydrogens is 268 g/mol. The number of hydrogen-bond donors (Lipinski definition) is 2. The minimum Gasteiger partial charge on any atom is -0.396 e. The number of rotatable bonds is 4. The van der Waals surface area contributed by atoms with Gasteiger partial charge in [0.25, 0.3) is 10.2 Å². The van der Waals surface area contributed by atoms with E-state index in [4.69, 9.17) is 5.11 Å². The number of nitrogens with zero attached hydrogens (tertiary/aromatic N) is 3. The van der Waals surface area contributed by atoms with Gasteiger partial charge in [-0.05, 0) is 25.8 Å². The Bertz CT molecular complexity index is 373. The summed E-state index contributed by atoms with van der Waals surface area (Å²) in [7, 11) is -1.39. The van der Waals surface area contributed by atoms with Crippen LogP contribution in [0.15, 0.2) is 0 Å². The van der Waals surface area contributed by atoms with Gasteiger partial charge in [-0.15, -0.1) is 4.83 Å². The molecule has 8 heteroatoms. The Labute approximate surface area is 115 Å². The van der Waals surface area contributed by atoms with Crippen molar-refractivity contribution in [2.24, 2.45) is 5.92 Å². The molecule has 19 heavy (non-hydrogen) atoms. The van der Waals surface area contributed by atoms with E-state index in [1.54, 1.807) is 5.01 Å². The van der Waals surface area contributed by atoms with E-state index in [2.05, 4.69) is 9.73 Å². The minimum atomic E-state index is -3.42. The maximum Gasteiger partial charge on any atom is 0.292 e. The van der Waals surface area contributed by atoms with Gasteiger partial charge in [-0.25, -0.2) is 5.01 Å². The average Bonchev–Trinajstić information content (AvgIpc) is 2.41. The van der Waals surface area contributed by atoms with Crippen molar-refractivity contribution < 1.29 is 13.5 Å². The molecule has 0 atom stereocenters. The molecule has 0 aliphatic carbocycles. The van der Waals surface area contributed by atoms with Crippen molar-refractivity contribution in [3.8, 4) is 0 Å². The Morgan fingerprint density at radius 3 is 2.21 bits per heavy atom. The van der Waals surface area contributed by atoms with Crippen LogP contribution in [0.25, 0.3) is 0 Å². The topological polar surface area (TPSA) is 76.1 Å². The van der Waals surface area contributed by atoms with Gasteiger partial charge in [0.05, 0.1) is 0 Å². The summed E-state index contributed by atoms with van der Waals surface area (Å²) < 4.78 is 25.9. The van der Waals surface area contributed by atoms with Gasteiger partial charge in [0.2, 0.25) is 0 Å². The van der Waals surface area contributed by atoms with Gasteiger partial charge in [0.15, 0.2) is 0 Å². The lowest BCUT2D eigenvalue weighted by Crippen LogP contribution is -2.56. The van der Waals surface area contributed by atoms with Gasteiger partial charge >= 0.3 is 0 Å². The van der Waals surface area contributed by atoms with Gasteiger partial charge in [-0.2, -0.15) is 12.7 Å². The van der Waals surface area contributed by atoms with Crippen molar-refractivity contribution in [3.63, 3.8) is 0 Å². The van der Waals surface area contributed by atoms with Gasteiger partial charge in [-0.3, -0.25) is 0 Å². The highest BCUT2D eigenvalue weighted by molar-refractivity contribution is 7.87. The summed E-state index contributed by atoms with van der Waals surface area (Å²) in [5.41, 5.74) is 0. The summed E-state index contributed by atoms with van der Waals surface area (Å²) in [4.78, 5) is 4.84. The van der Waals surface area contributed by atoms with Crippen LogP contribution in [0.3, 0.4) is 0 Å². The summed E-state index contributed by atoms with van der Waals surface area (Å²) in [5.74, 6) is 0.245. The van der Waals surface area contributed by atoms with Crippen molar-refractivity contribution in [1.29, 1.82) is 0 Å². The standard InChI is InChI=1S/C11H24N4O3S/c1-13-6-8-14(9-7-13)12-19(17,18)15-4-2-11(10-16)3-5-15/h11-12,16H,2-10H2,1H3. The Hall–Kier alpha value is -0.250. The Morgan fingerprint density at radius 1 is 1.11 bits per heavy atom. The summed E-state index contributed by atoms with van der Waals surface area (Å²) in [6, 6.07) is 0. The number of hydrogen-bond acceptors (Lipinski definition) is 5. The number of nitrogens with one attached hydrogen (secondary N) is 1. The molecule has 2 fully saturated rings. The van der Waals surface area contributed by atoms with Crippen LogP contribution in [-0.4, -0.2) is 80.7 Å². The lowest BCUT2D eigenvalue weighted by Gasteiger charge is -2.35. The molecule has 0 radical (unpaired) electrons. The zero-order chi connectivity index (χ0) is 13.9. The van der Waals surface area contributed by atoms with Gasteiger partial charge in [0.1, 0.15) is 0 Å². The maximum absolute atomic E-state index is 12.2. The molecule has 0 aromatic heterocycles. The van der Waals surface area contributed by atoms with Crippen LogP contribution in [-0.2, 0) is 10.2 Å². The number of aliphatic hydroxyl groups is 1. The molecule has 112 valence electrons. The van der Waals surface area contributed by atoms with Gasteiger partial charge in [-0.1, -0.05) is 0 Å². The molecule has 2 saturated heterocycles. The second kappa shape index (κ2) is 6.47. The number of piperazine rings is 1. The normalized spacial score (nSPS) is 25.8. The molecule has 0 unspecified atom stereocenters. The zero-order valence-electron chi connectivity index (χ0n) is 11.5. The van der Waals surface area contributed by atoms with Crippen LogP contribution < -0.4 is 4.83 Å². The summed E-state index contributed by atoms with van der Waals surface area (Å²) in [6.07, 6.45) is 1.47. The first-order chi connectivity index (χ1) is 9.01. The number of hydrazine groups is 1. The second-order valence-electron chi connectivity index (χ2n) is 5.41. The highest BCUT2D eigenvalue weighted by atomic mass is 32.2. The number of piperidine rings is 1. The van der Waals surface area contributed by atoms with Gasteiger partial charge < -0.3 is 10.0 Å². The van der Waals surface area contributed by atoms with Crippen molar-refractivity contribution in [1.82, 2.24) is 19.0 Å². The van der Waals surface area contributed by atoms with E-state index in [1.165, 1.54) is 4.31 Å². The molecule has 7 nitrogen and oxygen atoms in total. The number of aliphatic hydroxyl groups excluding tert-OH is 1. The quantitative estimate of drug-likeness (QED) is 0.673. The highest BCUT2D eigenvalue weighted by Gasteiger charge is 2.29. The third-order valence-corrected chi connectivity index (χ3v) is 5.45. The van der Waals surface area contributed by atoms with E-state index >= 15 is 0 Å². The van der Waals surface area contributed by atoms with E-state index < -0.39 is 10.2 Å². The fourth-order valence-corrected chi connectivity index (χ4v) is 3.77. The smallest absolute Gasteiger partial charge is 0.292 e. The van der Waals surface area contributed by atoms with Crippen molar-refractivity contribution in [2.75, 3.05) is 52.9 Å². The van der Waals surface area contributed by atoms with Crippen molar-refractivity contribution in [2.45, 2.75) is 12.8 Å². The predicted octanol–water partition coefficient (Wildman–Crippen LogP) is -1.31. The van der Waals surface area contributed by atoms with E-state index in [1.807, 2.05) is 7.05 Å². The van der Waals surface area contributed by atoms with Crippen molar-refractivity contribution >= 4 is 10.2 Å². The summed E-state index contributed by atoms with van der Waals surface area (Å²) in [5, 5.41) is 10.8. The molecule has 0 aromatic rings. The third-order valence-electron chi connectivity index (χ3n) is 3.92. The molecule has 2 N–H and O–H groups in total. The molecule has 0 amide bonds. The Morgan fingerprint density at radius 2 is 1.68 bits per heavy atom. The van der Waals surface area contributed by atoms with E-state index in [-0.39, 0.29) is 12.5 Å². The van der Waals surface area contributed by atoms with E-state index in [0.717, 1.165) is 25.9 Å². The first-order valence-corrected chi connectivity index (χ1v) is 8.27. The minimum absolute atomic E-state index is 0.153. The van der Waals surface area contributed by atoms with Crippen LogP contribution in [0.5, 0.6) is 0 Å². The van der Waals surface area contributed by atoms with Crippen LogP contribution >= 0.6 is 0 Å². The second-order valence-corrected chi connectivity index (χ2v) is 7.06. The maximum atomic E-state index is 12.2. The molecular formula is C11H24N4O3S. The first kappa shape index (κ1) is 15.1. The molecule has 2 aliphatic rings. The Kier molecular flexibility index (Phi) is 5.15. The molecule has 0 bridgehead atoms. The lowest BCUT2D eigenvalue weighted by atomic mass is 10.00. The van der Waals surface area contributed by atoms with Crippen LogP contribution in [0.1, 0.15) is 12.8 Å². The van der Waals surface area contributed by atoms with E-state index in [0.29, 0.717) is 26.2 Å². The van der Waals surface area contributed by atoms with Crippen LogP contribution in [0, 0.1) is 5.92 Å². The summed E-state index contributed by atoms with van der Waals surface area (Å²) in [6.45, 7) is 4.30. The molecule has 2 heterocycles. The lowest BCUT2D eigenvalue weighted by molar-refractivity contribution is 0.127.